The van der Waals surface area contributed by atoms with Gasteiger partial charge in [-0.25, -0.2) is 0 Å². The van der Waals surface area contributed by atoms with Gasteiger partial charge in [0.1, 0.15) is 0 Å². The van der Waals surface area contributed by atoms with E-state index in [2.05, 4.69) is 0 Å². The summed E-state index contributed by atoms with van der Waals surface area (Å²) in [6, 6.07) is 5.84. The van der Waals surface area contributed by atoms with Crippen LogP contribution in [0, 0.1) is 0 Å². The third kappa shape index (κ3) is 7.31. The second kappa shape index (κ2) is 10.2. The lowest BCUT2D eigenvalue weighted by Crippen LogP contribution is -2.03. The van der Waals surface area contributed by atoms with Gasteiger partial charge in [0.25, 0.3) is 0 Å². The van der Waals surface area contributed by atoms with Gasteiger partial charge >= 0.3 is 5.97 Å². The topological polar surface area (TPSA) is 81.8 Å². The third-order valence-corrected chi connectivity index (χ3v) is 2.34. The standard InChI is InChI=1S/C10H15NO2.C4H8O2/c1-12-9-4-3-8(5-6-11)7-10(9)13-2;1-2-3-4(5)6/h3-4,7H,5-6,11H2,1-2H3;2-3H2,1H3,(H,5,6). The van der Waals surface area contributed by atoms with E-state index in [9.17, 15) is 4.79 Å². The number of hydrogen-bond donors (Lipinski definition) is 2. The van der Waals surface area contributed by atoms with Crippen molar-refractivity contribution in [1.82, 2.24) is 0 Å². The van der Waals surface area contributed by atoms with E-state index in [1.807, 2.05) is 25.1 Å². The molecule has 0 saturated carbocycles. The zero-order valence-electron chi connectivity index (χ0n) is 11.8. The Bertz CT molecular complexity index is 380. The Hall–Kier alpha value is -1.75. The maximum Gasteiger partial charge on any atom is 0.303 e. The van der Waals surface area contributed by atoms with Crippen LogP contribution < -0.4 is 15.2 Å². The highest BCUT2D eigenvalue weighted by Gasteiger charge is 2.03. The summed E-state index contributed by atoms with van der Waals surface area (Å²) in [6.07, 6.45) is 1.88. The van der Waals surface area contributed by atoms with E-state index in [1.165, 1.54) is 5.56 Å². The molecule has 0 saturated heterocycles. The molecule has 0 atom stereocenters. The summed E-state index contributed by atoms with van der Waals surface area (Å²) >= 11 is 0. The van der Waals surface area contributed by atoms with Crippen LogP contribution in [0.15, 0.2) is 18.2 Å². The van der Waals surface area contributed by atoms with Crippen LogP contribution in [-0.4, -0.2) is 31.8 Å². The largest absolute Gasteiger partial charge is 0.493 e. The summed E-state index contributed by atoms with van der Waals surface area (Å²) in [4.78, 5) is 9.60. The SMILES string of the molecule is CCCC(=O)O.COc1ccc(CCN)cc1OC. The normalized spacial score (nSPS) is 9.26. The van der Waals surface area contributed by atoms with Gasteiger partial charge in [0.2, 0.25) is 0 Å². The van der Waals surface area contributed by atoms with Crippen LogP contribution in [0.5, 0.6) is 11.5 Å². The maximum absolute atomic E-state index is 9.60. The monoisotopic (exact) mass is 269 g/mol. The fourth-order valence-electron chi connectivity index (χ4n) is 1.42. The molecule has 0 aliphatic rings. The van der Waals surface area contributed by atoms with Crippen molar-refractivity contribution in [3.63, 3.8) is 0 Å². The van der Waals surface area contributed by atoms with Crippen molar-refractivity contribution in [2.75, 3.05) is 20.8 Å². The Kier molecular flexibility index (Phi) is 9.26. The predicted molar refractivity (Wildman–Crippen MR) is 74.8 cm³/mol. The molecule has 1 aromatic rings. The molecule has 0 amide bonds. The molecule has 0 aliphatic heterocycles. The van der Waals surface area contributed by atoms with Gasteiger partial charge in [0.05, 0.1) is 14.2 Å². The van der Waals surface area contributed by atoms with Gasteiger partial charge in [-0.3, -0.25) is 4.79 Å². The highest BCUT2D eigenvalue weighted by molar-refractivity contribution is 5.66. The number of ether oxygens (including phenoxy) is 2. The lowest BCUT2D eigenvalue weighted by molar-refractivity contribution is -0.137. The van der Waals surface area contributed by atoms with E-state index in [0.717, 1.165) is 24.3 Å². The number of aliphatic carboxylic acids is 1. The van der Waals surface area contributed by atoms with Crippen LogP contribution in [0.3, 0.4) is 0 Å². The van der Waals surface area contributed by atoms with Gasteiger partial charge in [0.15, 0.2) is 11.5 Å². The quantitative estimate of drug-likeness (QED) is 0.826. The molecular formula is C14H23NO4. The molecule has 1 aromatic carbocycles. The Morgan fingerprint density at radius 3 is 2.26 bits per heavy atom. The highest BCUT2D eigenvalue weighted by atomic mass is 16.5. The van der Waals surface area contributed by atoms with Crippen LogP contribution in [0.1, 0.15) is 25.3 Å². The number of methoxy groups -OCH3 is 2. The van der Waals surface area contributed by atoms with E-state index in [-0.39, 0.29) is 0 Å². The van der Waals surface area contributed by atoms with E-state index in [4.69, 9.17) is 20.3 Å². The van der Waals surface area contributed by atoms with Crippen molar-refractivity contribution in [2.24, 2.45) is 5.73 Å². The van der Waals surface area contributed by atoms with Gasteiger partial charge in [-0.2, -0.15) is 0 Å². The van der Waals surface area contributed by atoms with E-state index in [1.54, 1.807) is 14.2 Å². The van der Waals surface area contributed by atoms with E-state index in [0.29, 0.717) is 13.0 Å². The minimum atomic E-state index is -0.711. The zero-order chi connectivity index (χ0) is 14.7. The van der Waals surface area contributed by atoms with E-state index >= 15 is 0 Å². The van der Waals surface area contributed by atoms with Crippen molar-refractivity contribution >= 4 is 5.97 Å². The molecule has 5 heteroatoms. The fourth-order valence-corrected chi connectivity index (χ4v) is 1.42. The number of carbonyl (C=O) groups is 1. The van der Waals surface area contributed by atoms with Crippen molar-refractivity contribution in [3.05, 3.63) is 23.8 Å². The molecule has 0 aliphatic carbocycles. The van der Waals surface area contributed by atoms with Crippen LogP contribution in [-0.2, 0) is 11.2 Å². The second-order valence-electron chi connectivity index (χ2n) is 3.87. The van der Waals surface area contributed by atoms with Crippen LogP contribution in [0.4, 0.5) is 0 Å². The molecule has 5 nitrogen and oxygen atoms in total. The number of nitrogens with two attached hydrogens (primary N) is 1. The minimum Gasteiger partial charge on any atom is -0.493 e. The molecule has 0 heterocycles. The first kappa shape index (κ1) is 17.2. The number of rotatable bonds is 6. The Morgan fingerprint density at radius 2 is 1.89 bits per heavy atom. The average Bonchev–Trinajstić information content (AvgIpc) is 2.39. The first-order valence-electron chi connectivity index (χ1n) is 6.21. The summed E-state index contributed by atoms with van der Waals surface area (Å²) in [5.41, 5.74) is 6.62. The zero-order valence-corrected chi connectivity index (χ0v) is 11.8. The van der Waals surface area contributed by atoms with Crippen molar-refractivity contribution in [2.45, 2.75) is 26.2 Å². The summed E-state index contributed by atoms with van der Waals surface area (Å²) in [5.74, 6) is 0.800. The Morgan fingerprint density at radius 1 is 1.26 bits per heavy atom. The van der Waals surface area contributed by atoms with Gasteiger partial charge in [-0.05, 0) is 37.1 Å². The molecule has 108 valence electrons. The van der Waals surface area contributed by atoms with E-state index < -0.39 is 5.97 Å². The summed E-state index contributed by atoms with van der Waals surface area (Å²) in [6.45, 7) is 2.49. The lowest BCUT2D eigenvalue weighted by atomic mass is 10.1. The molecular weight excluding hydrogens is 246 g/mol. The highest BCUT2D eigenvalue weighted by Crippen LogP contribution is 2.27. The molecule has 19 heavy (non-hydrogen) atoms. The molecule has 0 bridgehead atoms. The fraction of sp³-hybridized carbons (Fsp3) is 0.500. The first-order chi connectivity index (χ1) is 9.08. The number of carboxylic acids is 1. The predicted octanol–water partition coefficient (Wildman–Crippen LogP) is 2.08. The smallest absolute Gasteiger partial charge is 0.303 e. The first-order valence-corrected chi connectivity index (χ1v) is 6.21. The van der Waals surface area contributed by atoms with Gasteiger partial charge in [0, 0.05) is 6.42 Å². The molecule has 3 N–H and O–H groups in total. The van der Waals surface area contributed by atoms with Gasteiger partial charge in [-0.15, -0.1) is 0 Å². The van der Waals surface area contributed by atoms with Crippen LogP contribution >= 0.6 is 0 Å². The van der Waals surface area contributed by atoms with Gasteiger partial charge in [-0.1, -0.05) is 13.0 Å². The molecule has 0 fully saturated rings. The van der Waals surface area contributed by atoms with Crippen molar-refractivity contribution < 1.29 is 19.4 Å². The molecule has 0 radical (unpaired) electrons. The minimum absolute atomic E-state index is 0.292. The van der Waals surface area contributed by atoms with Gasteiger partial charge < -0.3 is 20.3 Å². The van der Waals surface area contributed by atoms with Crippen LogP contribution in [0.25, 0.3) is 0 Å². The van der Waals surface area contributed by atoms with Crippen molar-refractivity contribution in [1.29, 1.82) is 0 Å². The Balaban J connectivity index is 0.000000459. The summed E-state index contributed by atoms with van der Waals surface area (Å²) in [7, 11) is 3.25. The molecule has 1 rings (SSSR count). The summed E-state index contributed by atoms with van der Waals surface area (Å²) in [5, 5.41) is 7.91. The number of hydrogen-bond acceptors (Lipinski definition) is 4. The molecule has 0 spiro atoms. The third-order valence-electron chi connectivity index (χ3n) is 2.34. The maximum atomic E-state index is 9.60. The van der Waals surface area contributed by atoms with Crippen molar-refractivity contribution in [3.8, 4) is 11.5 Å². The van der Waals surface area contributed by atoms with Crippen LogP contribution in [0.2, 0.25) is 0 Å². The second-order valence-corrected chi connectivity index (χ2v) is 3.87. The number of benzene rings is 1. The molecule has 0 aromatic heterocycles. The molecule has 0 unspecified atom stereocenters. The number of carboxylic acid groups (broad SMARTS) is 1. The summed E-state index contributed by atoms with van der Waals surface area (Å²) < 4.78 is 10.3. The Labute approximate surface area is 114 Å². The average molecular weight is 269 g/mol. The lowest BCUT2D eigenvalue weighted by Gasteiger charge is -2.08.